The van der Waals surface area contributed by atoms with Crippen molar-refractivity contribution in [3.05, 3.63) is 29.8 Å². The van der Waals surface area contributed by atoms with Gasteiger partial charge in [-0.1, -0.05) is 6.92 Å². The van der Waals surface area contributed by atoms with Gasteiger partial charge in [-0.2, -0.15) is 13.2 Å². The highest BCUT2D eigenvalue weighted by Gasteiger charge is 2.28. The maximum atomic E-state index is 12.9. The minimum Gasteiger partial charge on any atom is -0.310 e. The molecule has 0 saturated carbocycles. The molecule has 6 heteroatoms. The first-order valence-electron chi connectivity index (χ1n) is 5.33. The molecule has 1 rings (SSSR count). The molecular weight excluding hydrogens is 236 g/mol. The van der Waals surface area contributed by atoms with Crippen molar-refractivity contribution in [1.29, 1.82) is 0 Å². The lowest BCUT2D eigenvalue weighted by Gasteiger charge is -2.18. The molecule has 17 heavy (non-hydrogen) atoms. The fourth-order valence-electron chi connectivity index (χ4n) is 1.56. The van der Waals surface area contributed by atoms with Crippen LogP contribution in [0.4, 0.5) is 17.6 Å². The van der Waals surface area contributed by atoms with Crippen molar-refractivity contribution in [2.75, 3.05) is 6.54 Å². The number of pyridine rings is 1. The van der Waals surface area contributed by atoms with E-state index >= 15 is 0 Å². The molecule has 0 aliphatic rings. The van der Waals surface area contributed by atoms with Gasteiger partial charge in [0, 0.05) is 18.7 Å². The van der Waals surface area contributed by atoms with Crippen LogP contribution in [0.25, 0.3) is 0 Å². The highest BCUT2D eigenvalue weighted by molar-refractivity contribution is 5.15. The minimum atomic E-state index is -4.20. The molecule has 1 atom stereocenters. The normalized spacial score (nSPS) is 13.7. The van der Waals surface area contributed by atoms with E-state index in [1.807, 2.05) is 0 Å². The molecule has 0 bridgehead atoms. The van der Waals surface area contributed by atoms with E-state index in [0.29, 0.717) is 12.1 Å². The fraction of sp³-hybridized carbons (Fsp3) is 0.545. The smallest absolute Gasteiger partial charge is 0.310 e. The van der Waals surface area contributed by atoms with Crippen LogP contribution in [0.3, 0.4) is 0 Å². The van der Waals surface area contributed by atoms with Crippen molar-refractivity contribution in [3.63, 3.8) is 0 Å². The van der Waals surface area contributed by atoms with E-state index < -0.39 is 24.5 Å². The molecule has 1 unspecified atom stereocenters. The summed E-state index contributed by atoms with van der Waals surface area (Å²) in [4.78, 5) is 3.64. The maximum absolute atomic E-state index is 12.9. The summed E-state index contributed by atoms with van der Waals surface area (Å²) in [6.07, 6.45) is -2.82. The van der Waals surface area contributed by atoms with Gasteiger partial charge >= 0.3 is 6.18 Å². The van der Waals surface area contributed by atoms with E-state index in [1.54, 1.807) is 6.92 Å². The Morgan fingerprint density at radius 3 is 2.59 bits per heavy atom. The first-order chi connectivity index (χ1) is 7.92. The van der Waals surface area contributed by atoms with Crippen LogP contribution in [0.15, 0.2) is 18.5 Å². The topological polar surface area (TPSA) is 24.9 Å². The summed E-state index contributed by atoms with van der Waals surface area (Å²) in [6, 6.07) is 0.682. The van der Waals surface area contributed by atoms with Gasteiger partial charge in [0.05, 0.1) is 6.20 Å². The number of rotatable bonds is 5. The van der Waals surface area contributed by atoms with Crippen molar-refractivity contribution < 1.29 is 17.6 Å². The van der Waals surface area contributed by atoms with Crippen LogP contribution in [0, 0.1) is 5.82 Å². The van der Waals surface area contributed by atoms with Gasteiger partial charge in [-0.15, -0.1) is 0 Å². The van der Waals surface area contributed by atoms with Gasteiger partial charge in [-0.3, -0.25) is 4.98 Å². The van der Waals surface area contributed by atoms with Gasteiger partial charge in [0.25, 0.3) is 0 Å². The van der Waals surface area contributed by atoms with Crippen molar-refractivity contribution in [2.24, 2.45) is 0 Å². The standard InChI is InChI=1S/C11H14F4N2/c1-2-17-10(3-4-11(13,14)15)8-5-9(12)7-16-6-8/h5-7,10,17H,2-4H2,1H3. The fourth-order valence-corrected chi connectivity index (χ4v) is 1.56. The predicted octanol–water partition coefficient (Wildman–Crippen LogP) is 3.21. The van der Waals surface area contributed by atoms with E-state index in [0.717, 1.165) is 6.20 Å². The van der Waals surface area contributed by atoms with Gasteiger partial charge in [-0.05, 0) is 24.6 Å². The number of nitrogens with zero attached hydrogens (tertiary/aromatic N) is 1. The molecule has 1 aromatic heterocycles. The maximum Gasteiger partial charge on any atom is 0.389 e. The zero-order valence-electron chi connectivity index (χ0n) is 9.39. The summed E-state index contributed by atoms with van der Waals surface area (Å²) in [5.74, 6) is -0.544. The Bertz CT molecular complexity index is 352. The van der Waals surface area contributed by atoms with Crippen LogP contribution in [0.1, 0.15) is 31.4 Å². The summed E-state index contributed by atoms with van der Waals surface area (Å²) >= 11 is 0. The number of halogens is 4. The Morgan fingerprint density at radius 1 is 1.35 bits per heavy atom. The molecular formula is C11H14F4N2. The van der Waals surface area contributed by atoms with Crippen LogP contribution in [0.2, 0.25) is 0 Å². The minimum absolute atomic E-state index is 0.123. The van der Waals surface area contributed by atoms with Gasteiger partial charge in [-0.25, -0.2) is 4.39 Å². The number of nitrogens with one attached hydrogen (secondary N) is 1. The third-order valence-electron chi connectivity index (χ3n) is 2.30. The molecule has 0 spiro atoms. The molecule has 0 aliphatic carbocycles. The lowest BCUT2D eigenvalue weighted by molar-refractivity contribution is -0.136. The van der Waals surface area contributed by atoms with E-state index in [4.69, 9.17) is 0 Å². The molecule has 0 saturated heterocycles. The lowest BCUT2D eigenvalue weighted by Crippen LogP contribution is -2.23. The van der Waals surface area contributed by atoms with Gasteiger partial charge in [0.15, 0.2) is 0 Å². The molecule has 0 amide bonds. The van der Waals surface area contributed by atoms with E-state index in [1.165, 1.54) is 12.3 Å². The quantitative estimate of drug-likeness (QED) is 0.812. The second kappa shape index (κ2) is 5.95. The Morgan fingerprint density at radius 2 is 2.06 bits per heavy atom. The number of aromatic nitrogens is 1. The number of hydrogen-bond acceptors (Lipinski definition) is 2. The average molecular weight is 250 g/mol. The van der Waals surface area contributed by atoms with Crippen LogP contribution in [-0.4, -0.2) is 17.7 Å². The summed E-state index contributed by atoms with van der Waals surface area (Å²) in [6.45, 7) is 2.30. The van der Waals surface area contributed by atoms with Crippen LogP contribution < -0.4 is 5.32 Å². The summed E-state index contributed by atoms with van der Waals surface area (Å²) in [7, 11) is 0. The molecule has 2 nitrogen and oxygen atoms in total. The SMILES string of the molecule is CCNC(CCC(F)(F)F)c1cncc(F)c1. The second-order valence-electron chi connectivity index (χ2n) is 3.70. The summed E-state index contributed by atoms with van der Waals surface area (Å²) in [5.41, 5.74) is 0.441. The summed E-state index contributed by atoms with van der Waals surface area (Å²) < 4.78 is 49.3. The van der Waals surface area contributed by atoms with E-state index in [-0.39, 0.29) is 6.42 Å². The molecule has 96 valence electrons. The molecule has 1 N–H and O–H groups in total. The Labute approximate surface area is 97.1 Å². The van der Waals surface area contributed by atoms with Crippen molar-refractivity contribution in [2.45, 2.75) is 32.0 Å². The van der Waals surface area contributed by atoms with Gasteiger partial charge < -0.3 is 5.32 Å². The van der Waals surface area contributed by atoms with Crippen molar-refractivity contribution in [3.8, 4) is 0 Å². The molecule has 0 radical (unpaired) electrons. The number of alkyl halides is 3. The van der Waals surface area contributed by atoms with Crippen molar-refractivity contribution >= 4 is 0 Å². The Hall–Kier alpha value is -1.17. The third-order valence-corrected chi connectivity index (χ3v) is 2.30. The first-order valence-corrected chi connectivity index (χ1v) is 5.33. The largest absolute Gasteiger partial charge is 0.389 e. The highest BCUT2D eigenvalue weighted by atomic mass is 19.4. The predicted molar refractivity (Wildman–Crippen MR) is 55.9 cm³/mol. The third kappa shape index (κ3) is 5.12. The van der Waals surface area contributed by atoms with E-state index in [9.17, 15) is 17.6 Å². The molecule has 1 heterocycles. The summed E-state index contributed by atoms with van der Waals surface area (Å²) in [5, 5.41) is 2.89. The Kier molecular flexibility index (Phi) is 4.86. The van der Waals surface area contributed by atoms with E-state index in [2.05, 4.69) is 10.3 Å². The van der Waals surface area contributed by atoms with Gasteiger partial charge in [0.1, 0.15) is 5.82 Å². The number of hydrogen-bond donors (Lipinski definition) is 1. The van der Waals surface area contributed by atoms with Crippen molar-refractivity contribution in [1.82, 2.24) is 10.3 Å². The lowest BCUT2D eigenvalue weighted by atomic mass is 10.0. The first kappa shape index (κ1) is 13.9. The van der Waals surface area contributed by atoms with Gasteiger partial charge in [0.2, 0.25) is 0 Å². The average Bonchev–Trinajstić information content (AvgIpc) is 2.23. The Balaban J connectivity index is 2.71. The van der Waals surface area contributed by atoms with Crippen LogP contribution in [0.5, 0.6) is 0 Å². The molecule has 0 aromatic carbocycles. The highest BCUT2D eigenvalue weighted by Crippen LogP contribution is 2.27. The molecule has 1 aromatic rings. The zero-order chi connectivity index (χ0) is 12.9. The monoisotopic (exact) mass is 250 g/mol. The molecule has 0 fully saturated rings. The van der Waals surface area contributed by atoms with Crippen LogP contribution in [-0.2, 0) is 0 Å². The van der Waals surface area contributed by atoms with Crippen LogP contribution >= 0.6 is 0 Å². The zero-order valence-corrected chi connectivity index (χ0v) is 9.39. The second-order valence-corrected chi connectivity index (χ2v) is 3.70. The molecule has 0 aliphatic heterocycles.